The second-order valence-electron chi connectivity index (χ2n) is 6.49. The standard InChI is InChI=1S/C21H15BrN6/c1-28-7-4-13-2-3-14(8-19(13)28)16-9-15(10-18-20(16)25-6-5-24-18)27-21-17(22)11-23-12-26-21/h2-12H,1H3,(H,23,26,27). The van der Waals surface area contributed by atoms with Crippen LogP contribution >= 0.6 is 15.9 Å². The van der Waals surface area contributed by atoms with Crippen LogP contribution in [0.1, 0.15) is 0 Å². The molecule has 0 aliphatic heterocycles. The Hall–Kier alpha value is -3.32. The Morgan fingerprint density at radius 1 is 1.00 bits per heavy atom. The minimum Gasteiger partial charge on any atom is -0.351 e. The van der Waals surface area contributed by atoms with E-state index in [2.05, 4.69) is 89.3 Å². The van der Waals surface area contributed by atoms with Gasteiger partial charge in [-0.05, 0) is 51.1 Å². The molecule has 3 heterocycles. The number of aromatic nitrogens is 5. The van der Waals surface area contributed by atoms with E-state index in [1.54, 1.807) is 18.6 Å². The molecule has 0 atom stereocenters. The number of fused-ring (bicyclic) bond motifs is 2. The SMILES string of the molecule is Cn1ccc2ccc(-c3cc(Nc4ncncc4Br)cc4nccnc34)cc21. The second kappa shape index (κ2) is 6.69. The fourth-order valence-electron chi connectivity index (χ4n) is 3.34. The molecule has 5 aromatic rings. The Morgan fingerprint density at radius 2 is 1.89 bits per heavy atom. The van der Waals surface area contributed by atoms with Crippen LogP contribution in [-0.4, -0.2) is 24.5 Å². The Kier molecular flexibility index (Phi) is 4.02. The summed E-state index contributed by atoms with van der Waals surface area (Å²) in [6.07, 6.45) is 8.72. The fourth-order valence-corrected chi connectivity index (χ4v) is 3.66. The summed E-state index contributed by atoms with van der Waals surface area (Å²) in [5, 5.41) is 4.56. The smallest absolute Gasteiger partial charge is 0.148 e. The summed E-state index contributed by atoms with van der Waals surface area (Å²) >= 11 is 3.48. The van der Waals surface area contributed by atoms with Crippen molar-refractivity contribution < 1.29 is 0 Å². The number of anilines is 2. The molecule has 0 saturated heterocycles. The number of halogens is 1. The van der Waals surface area contributed by atoms with Gasteiger partial charge in [0.05, 0.1) is 15.5 Å². The van der Waals surface area contributed by atoms with Gasteiger partial charge < -0.3 is 9.88 Å². The Labute approximate surface area is 169 Å². The van der Waals surface area contributed by atoms with Crippen molar-refractivity contribution >= 4 is 49.4 Å². The van der Waals surface area contributed by atoms with Crippen LogP contribution in [0.5, 0.6) is 0 Å². The van der Waals surface area contributed by atoms with Crippen LogP contribution in [-0.2, 0) is 7.05 Å². The van der Waals surface area contributed by atoms with Gasteiger partial charge in [0.25, 0.3) is 0 Å². The summed E-state index contributed by atoms with van der Waals surface area (Å²) in [6.45, 7) is 0. The quantitative estimate of drug-likeness (QED) is 0.431. The number of hydrogen-bond donors (Lipinski definition) is 1. The third-order valence-corrected chi connectivity index (χ3v) is 5.28. The first-order valence-corrected chi connectivity index (χ1v) is 9.51. The van der Waals surface area contributed by atoms with Crippen molar-refractivity contribution in [1.82, 2.24) is 24.5 Å². The van der Waals surface area contributed by atoms with E-state index in [1.165, 1.54) is 17.2 Å². The van der Waals surface area contributed by atoms with Gasteiger partial charge in [0.1, 0.15) is 12.1 Å². The number of aryl methyl sites for hydroxylation is 1. The van der Waals surface area contributed by atoms with Crippen LogP contribution in [0.3, 0.4) is 0 Å². The highest BCUT2D eigenvalue weighted by Crippen LogP contribution is 2.33. The van der Waals surface area contributed by atoms with Crippen LogP contribution in [0.2, 0.25) is 0 Å². The third kappa shape index (κ3) is 2.90. The van der Waals surface area contributed by atoms with Crippen molar-refractivity contribution in [2.45, 2.75) is 0 Å². The summed E-state index contributed by atoms with van der Waals surface area (Å²) in [6, 6.07) is 12.6. The molecule has 7 heteroatoms. The van der Waals surface area contributed by atoms with Crippen molar-refractivity contribution in [1.29, 1.82) is 0 Å². The zero-order valence-corrected chi connectivity index (χ0v) is 16.6. The van der Waals surface area contributed by atoms with E-state index in [-0.39, 0.29) is 0 Å². The van der Waals surface area contributed by atoms with Crippen LogP contribution in [0.4, 0.5) is 11.5 Å². The molecule has 3 aromatic heterocycles. The van der Waals surface area contributed by atoms with E-state index < -0.39 is 0 Å². The molecule has 1 N–H and O–H groups in total. The zero-order chi connectivity index (χ0) is 19.1. The number of nitrogens with one attached hydrogen (secondary N) is 1. The average Bonchev–Trinajstić information content (AvgIpc) is 3.09. The van der Waals surface area contributed by atoms with Gasteiger partial charge in [-0.15, -0.1) is 0 Å². The van der Waals surface area contributed by atoms with E-state index in [4.69, 9.17) is 0 Å². The molecular formula is C21H15BrN6. The van der Waals surface area contributed by atoms with Gasteiger partial charge in [-0.25, -0.2) is 9.97 Å². The lowest BCUT2D eigenvalue weighted by atomic mass is 10.0. The summed E-state index contributed by atoms with van der Waals surface area (Å²) in [7, 11) is 2.05. The molecule has 0 saturated carbocycles. The first-order valence-electron chi connectivity index (χ1n) is 8.72. The third-order valence-electron chi connectivity index (χ3n) is 4.70. The molecule has 0 fully saturated rings. The van der Waals surface area contributed by atoms with E-state index in [0.29, 0.717) is 5.82 Å². The molecular weight excluding hydrogens is 416 g/mol. The molecule has 0 aliphatic carbocycles. The minimum atomic E-state index is 0.696. The molecule has 0 spiro atoms. The molecule has 0 aliphatic rings. The van der Waals surface area contributed by atoms with Gasteiger partial charge in [-0.3, -0.25) is 9.97 Å². The lowest BCUT2D eigenvalue weighted by Crippen LogP contribution is -1.97. The normalized spacial score (nSPS) is 11.2. The lowest BCUT2D eigenvalue weighted by Gasteiger charge is -2.12. The zero-order valence-electron chi connectivity index (χ0n) is 15.0. The molecule has 6 nitrogen and oxygen atoms in total. The predicted octanol–water partition coefficient (Wildman–Crippen LogP) is 5.08. The van der Waals surface area contributed by atoms with Gasteiger partial charge in [0, 0.05) is 48.6 Å². The molecule has 0 unspecified atom stereocenters. The van der Waals surface area contributed by atoms with E-state index in [1.807, 2.05) is 6.07 Å². The predicted molar refractivity (Wildman–Crippen MR) is 114 cm³/mol. The average molecular weight is 431 g/mol. The summed E-state index contributed by atoms with van der Waals surface area (Å²) in [5.74, 6) is 0.696. The molecule has 136 valence electrons. The van der Waals surface area contributed by atoms with Crippen LogP contribution < -0.4 is 5.32 Å². The fraction of sp³-hybridized carbons (Fsp3) is 0.0476. The first-order chi connectivity index (χ1) is 13.7. The molecule has 0 radical (unpaired) electrons. The Morgan fingerprint density at radius 3 is 2.79 bits per heavy atom. The second-order valence-corrected chi connectivity index (χ2v) is 7.35. The summed E-state index contributed by atoms with van der Waals surface area (Å²) in [5.41, 5.74) is 5.84. The monoisotopic (exact) mass is 430 g/mol. The molecule has 28 heavy (non-hydrogen) atoms. The van der Waals surface area contributed by atoms with Gasteiger partial charge in [-0.2, -0.15) is 0 Å². The minimum absolute atomic E-state index is 0.696. The number of hydrogen-bond acceptors (Lipinski definition) is 5. The molecule has 5 rings (SSSR count). The van der Waals surface area contributed by atoms with Gasteiger partial charge in [0.2, 0.25) is 0 Å². The van der Waals surface area contributed by atoms with E-state index >= 15 is 0 Å². The van der Waals surface area contributed by atoms with Crippen molar-refractivity contribution in [3.8, 4) is 11.1 Å². The highest BCUT2D eigenvalue weighted by Gasteiger charge is 2.11. The van der Waals surface area contributed by atoms with E-state index in [0.717, 1.165) is 32.3 Å². The van der Waals surface area contributed by atoms with Crippen molar-refractivity contribution in [3.63, 3.8) is 0 Å². The maximum absolute atomic E-state index is 4.58. The van der Waals surface area contributed by atoms with Crippen molar-refractivity contribution in [2.75, 3.05) is 5.32 Å². The van der Waals surface area contributed by atoms with Crippen molar-refractivity contribution in [2.24, 2.45) is 7.05 Å². The summed E-state index contributed by atoms with van der Waals surface area (Å²) in [4.78, 5) is 17.4. The van der Waals surface area contributed by atoms with Gasteiger partial charge in [-0.1, -0.05) is 12.1 Å². The number of benzene rings is 2. The highest BCUT2D eigenvalue weighted by atomic mass is 79.9. The maximum atomic E-state index is 4.58. The Balaban J connectivity index is 1.70. The van der Waals surface area contributed by atoms with Crippen LogP contribution in [0.15, 0.2) is 72.0 Å². The first kappa shape index (κ1) is 16.8. The van der Waals surface area contributed by atoms with Gasteiger partial charge >= 0.3 is 0 Å². The largest absolute Gasteiger partial charge is 0.351 e. The maximum Gasteiger partial charge on any atom is 0.148 e. The lowest BCUT2D eigenvalue weighted by molar-refractivity contribution is 0.969. The summed E-state index contributed by atoms with van der Waals surface area (Å²) < 4.78 is 2.91. The number of nitrogens with zero attached hydrogens (tertiary/aromatic N) is 5. The van der Waals surface area contributed by atoms with Crippen LogP contribution in [0, 0.1) is 0 Å². The van der Waals surface area contributed by atoms with E-state index in [9.17, 15) is 0 Å². The molecule has 2 aromatic carbocycles. The topological polar surface area (TPSA) is 68.5 Å². The molecule has 0 bridgehead atoms. The highest BCUT2D eigenvalue weighted by molar-refractivity contribution is 9.10. The molecule has 0 amide bonds. The Bertz CT molecular complexity index is 1330. The number of rotatable bonds is 3. The van der Waals surface area contributed by atoms with Crippen molar-refractivity contribution in [3.05, 3.63) is 72.0 Å². The van der Waals surface area contributed by atoms with Gasteiger partial charge in [0.15, 0.2) is 0 Å². The van der Waals surface area contributed by atoms with Crippen LogP contribution in [0.25, 0.3) is 33.1 Å².